The van der Waals surface area contributed by atoms with E-state index in [-0.39, 0.29) is 23.4 Å². The van der Waals surface area contributed by atoms with Gasteiger partial charge in [0.25, 0.3) is 10.0 Å². The quantitative estimate of drug-likeness (QED) is 0.387. The van der Waals surface area contributed by atoms with Crippen LogP contribution < -0.4 is 9.62 Å². The third-order valence-electron chi connectivity index (χ3n) is 6.53. The number of carbonyl (C=O) groups is 2. The number of nitrogens with one attached hydrogen (secondary N) is 1. The molecule has 0 heterocycles. The topological polar surface area (TPSA) is 86.8 Å². The van der Waals surface area contributed by atoms with E-state index in [1.807, 2.05) is 40.7 Å². The lowest BCUT2D eigenvalue weighted by Crippen LogP contribution is -2.52. The van der Waals surface area contributed by atoms with Crippen molar-refractivity contribution >= 4 is 27.5 Å². The molecule has 0 saturated carbocycles. The first-order valence-corrected chi connectivity index (χ1v) is 14.2. The second kappa shape index (κ2) is 12.4. The van der Waals surface area contributed by atoms with E-state index in [1.165, 1.54) is 41.3 Å². The zero-order valence-corrected chi connectivity index (χ0v) is 24.0. The molecule has 0 aliphatic carbocycles. The maximum Gasteiger partial charge on any atom is 0.264 e. The first-order valence-electron chi connectivity index (χ1n) is 12.8. The molecule has 2 amide bonds. The van der Waals surface area contributed by atoms with Gasteiger partial charge in [-0.2, -0.15) is 0 Å². The summed E-state index contributed by atoms with van der Waals surface area (Å²) in [5.74, 6) is -1.37. The van der Waals surface area contributed by atoms with Gasteiger partial charge in [0.2, 0.25) is 11.8 Å². The van der Waals surface area contributed by atoms with Crippen molar-refractivity contribution in [1.29, 1.82) is 0 Å². The van der Waals surface area contributed by atoms with E-state index in [9.17, 15) is 22.4 Å². The second-order valence-corrected chi connectivity index (χ2v) is 11.9. The smallest absolute Gasteiger partial charge is 0.264 e. The van der Waals surface area contributed by atoms with Crippen LogP contribution in [0.3, 0.4) is 0 Å². The largest absolute Gasteiger partial charge is 0.352 e. The standard InChI is InChI=1S/C30H36FN3O4S/c1-20(2)32-30(36)24(6)33(18-25-10-12-26(31)13-11-25)29(35)19-34(27-14-9-22(4)23(5)17-27)39(37,38)28-15-7-21(3)8-16-28/h7-17,20,24H,18-19H2,1-6H3,(H,32,36)/t24-/m0/s1. The van der Waals surface area contributed by atoms with E-state index >= 15 is 0 Å². The average molecular weight is 554 g/mol. The number of aryl methyl sites for hydroxylation is 3. The van der Waals surface area contributed by atoms with Gasteiger partial charge < -0.3 is 10.2 Å². The lowest BCUT2D eigenvalue weighted by molar-refractivity contribution is -0.139. The third-order valence-corrected chi connectivity index (χ3v) is 8.32. The molecule has 1 N–H and O–H groups in total. The molecule has 0 aliphatic rings. The molecule has 0 aromatic heterocycles. The van der Waals surface area contributed by atoms with Crippen molar-refractivity contribution in [3.05, 3.63) is 94.8 Å². The highest BCUT2D eigenvalue weighted by molar-refractivity contribution is 7.92. The highest BCUT2D eigenvalue weighted by atomic mass is 32.2. The van der Waals surface area contributed by atoms with Crippen LogP contribution >= 0.6 is 0 Å². The predicted molar refractivity (Wildman–Crippen MR) is 151 cm³/mol. The van der Waals surface area contributed by atoms with Gasteiger partial charge in [0.1, 0.15) is 18.4 Å². The normalized spacial score (nSPS) is 12.2. The molecule has 1 atom stereocenters. The molecule has 0 saturated heterocycles. The van der Waals surface area contributed by atoms with Crippen molar-refractivity contribution in [2.24, 2.45) is 0 Å². The van der Waals surface area contributed by atoms with Crippen LogP contribution in [0.25, 0.3) is 0 Å². The number of halogens is 1. The lowest BCUT2D eigenvalue weighted by Gasteiger charge is -2.32. The van der Waals surface area contributed by atoms with Crippen molar-refractivity contribution < 1.29 is 22.4 Å². The van der Waals surface area contributed by atoms with Crippen LogP contribution in [0, 0.1) is 26.6 Å². The number of rotatable bonds is 10. The first-order chi connectivity index (χ1) is 18.3. The Morgan fingerprint density at radius 3 is 2.05 bits per heavy atom. The van der Waals surface area contributed by atoms with Gasteiger partial charge in [0, 0.05) is 12.6 Å². The van der Waals surface area contributed by atoms with Crippen molar-refractivity contribution in [3.63, 3.8) is 0 Å². The summed E-state index contributed by atoms with van der Waals surface area (Å²) in [5, 5.41) is 2.81. The van der Waals surface area contributed by atoms with Crippen LogP contribution in [0.1, 0.15) is 43.0 Å². The molecule has 0 aliphatic heterocycles. The van der Waals surface area contributed by atoms with Gasteiger partial charge in [-0.05, 0) is 94.6 Å². The minimum absolute atomic E-state index is 0.00284. The summed E-state index contributed by atoms with van der Waals surface area (Å²) >= 11 is 0. The molecule has 0 unspecified atom stereocenters. The summed E-state index contributed by atoms with van der Waals surface area (Å²) in [7, 11) is -4.14. The summed E-state index contributed by atoms with van der Waals surface area (Å²) in [6.07, 6.45) is 0. The molecule has 0 fully saturated rings. The van der Waals surface area contributed by atoms with E-state index in [0.717, 1.165) is 21.0 Å². The second-order valence-electron chi connectivity index (χ2n) is 10.1. The lowest BCUT2D eigenvalue weighted by atomic mass is 10.1. The number of carbonyl (C=O) groups excluding carboxylic acids is 2. The van der Waals surface area contributed by atoms with Crippen LogP contribution in [-0.2, 0) is 26.2 Å². The van der Waals surface area contributed by atoms with E-state index < -0.39 is 34.3 Å². The summed E-state index contributed by atoms with van der Waals surface area (Å²) in [5.41, 5.74) is 3.70. The molecule has 0 bridgehead atoms. The molecule has 3 rings (SSSR count). The Bertz CT molecular complexity index is 1420. The molecule has 0 radical (unpaired) electrons. The molecule has 7 nitrogen and oxygen atoms in total. The average Bonchev–Trinajstić information content (AvgIpc) is 2.88. The fourth-order valence-corrected chi connectivity index (χ4v) is 5.43. The van der Waals surface area contributed by atoms with Gasteiger partial charge in [-0.15, -0.1) is 0 Å². The summed E-state index contributed by atoms with van der Waals surface area (Å²) in [6.45, 7) is 10.3. The minimum Gasteiger partial charge on any atom is -0.352 e. The highest BCUT2D eigenvalue weighted by Crippen LogP contribution is 2.27. The number of sulfonamides is 1. The Morgan fingerprint density at radius 1 is 0.872 bits per heavy atom. The van der Waals surface area contributed by atoms with E-state index in [2.05, 4.69) is 5.32 Å². The molecule has 208 valence electrons. The molecule has 39 heavy (non-hydrogen) atoms. The van der Waals surface area contributed by atoms with Gasteiger partial charge in [0.05, 0.1) is 10.6 Å². The third kappa shape index (κ3) is 7.44. The number of nitrogens with zero attached hydrogens (tertiary/aromatic N) is 2. The van der Waals surface area contributed by atoms with Gasteiger partial charge >= 0.3 is 0 Å². The van der Waals surface area contributed by atoms with Crippen LogP contribution in [0.5, 0.6) is 0 Å². The van der Waals surface area contributed by atoms with E-state index in [1.54, 1.807) is 31.2 Å². The van der Waals surface area contributed by atoms with Crippen LogP contribution in [0.2, 0.25) is 0 Å². The molecular formula is C30H36FN3O4S. The Hall–Kier alpha value is -3.72. The Balaban J connectivity index is 2.05. The highest BCUT2D eigenvalue weighted by Gasteiger charge is 2.32. The predicted octanol–water partition coefficient (Wildman–Crippen LogP) is 4.89. The molecule has 0 spiro atoms. The maximum atomic E-state index is 13.9. The van der Waals surface area contributed by atoms with Gasteiger partial charge in [0.15, 0.2) is 0 Å². The fraction of sp³-hybridized carbons (Fsp3) is 0.333. The van der Waals surface area contributed by atoms with Gasteiger partial charge in [-0.1, -0.05) is 35.9 Å². The zero-order chi connectivity index (χ0) is 28.9. The van der Waals surface area contributed by atoms with Crippen LogP contribution in [0.4, 0.5) is 10.1 Å². The van der Waals surface area contributed by atoms with E-state index in [4.69, 9.17) is 0 Å². The first kappa shape index (κ1) is 29.8. The van der Waals surface area contributed by atoms with Crippen molar-refractivity contribution in [1.82, 2.24) is 10.2 Å². The number of hydrogen-bond donors (Lipinski definition) is 1. The fourth-order valence-electron chi connectivity index (χ4n) is 4.02. The molecule has 9 heteroatoms. The van der Waals surface area contributed by atoms with E-state index in [0.29, 0.717) is 11.3 Å². The summed E-state index contributed by atoms with van der Waals surface area (Å²) in [6, 6.07) is 16.2. The number of amides is 2. The Kier molecular flexibility index (Phi) is 9.50. The number of anilines is 1. The number of benzene rings is 3. The van der Waals surface area contributed by atoms with Crippen LogP contribution in [-0.4, -0.2) is 43.8 Å². The summed E-state index contributed by atoms with van der Waals surface area (Å²) in [4.78, 5) is 28.2. The SMILES string of the molecule is Cc1ccc(S(=O)(=O)N(CC(=O)N(Cc2ccc(F)cc2)[C@@H](C)C(=O)NC(C)C)c2ccc(C)c(C)c2)cc1. The van der Waals surface area contributed by atoms with Crippen LogP contribution in [0.15, 0.2) is 71.6 Å². The van der Waals surface area contributed by atoms with Gasteiger partial charge in [-0.25, -0.2) is 12.8 Å². The minimum atomic E-state index is -4.14. The maximum absolute atomic E-state index is 13.9. The molecule has 3 aromatic rings. The van der Waals surface area contributed by atoms with Crippen molar-refractivity contribution in [3.8, 4) is 0 Å². The Morgan fingerprint density at radius 2 is 1.49 bits per heavy atom. The number of hydrogen-bond acceptors (Lipinski definition) is 4. The Labute approximate surface area is 230 Å². The monoisotopic (exact) mass is 553 g/mol. The molecule has 3 aromatic carbocycles. The van der Waals surface area contributed by atoms with Crippen molar-refractivity contribution in [2.75, 3.05) is 10.8 Å². The van der Waals surface area contributed by atoms with Gasteiger partial charge in [-0.3, -0.25) is 13.9 Å². The zero-order valence-electron chi connectivity index (χ0n) is 23.2. The van der Waals surface area contributed by atoms with Crippen molar-refractivity contribution in [2.45, 2.75) is 65.1 Å². The molecular weight excluding hydrogens is 517 g/mol. The summed E-state index contributed by atoms with van der Waals surface area (Å²) < 4.78 is 42.4.